The molecule has 0 radical (unpaired) electrons. The number of aliphatic carboxylic acids is 1. The molecule has 2 rings (SSSR count). The van der Waals surface area contributed by atoms with Crippen LogP contribution in [0.3, 0.4) is 0 Å². The van der Waals surface area contributed by atoms with E-state index in [4.69, 9.17) is 14.3 Å². The van der Waals surface area contributed by atoms with Gasteiger partial charge in [-0.15, -0.1) is 0 Å². The van der Waals surface area contributed by atoms with Crippen molar-refractivity contribution < 1.29 is 19.1 Å². The van der Waals surface area contributed by atoms with Gasteiger partial charge in [-0.3, -0.25) is 4.79 Å². The number of aromatic nitrogens is 1. The molecule has 1 aromatic heterocycles. The average Bonchev–Trinajstić information content (AvgIpc) is 2.83. The molecule has 1 aromatic rings. The zero-order valence-electron chi connectivity index (χ0n) is 9.23. The molecule has 1 N–H and O–H groups in total. The van der Waals surface area contributed by atoms with Gasteiger partial charge in [0.05, 0.1) is 6.42 Å². The van der Waals surface area contributed by atoms with Crippen LogP contribution in [-0.4, -0.2) is 22.7 Å². The van der Waals surface area contributed by atoms with Crippen molar-refractivity contribution in [3.05, 3.63) is 17.3 Å². The standard InChI is InChI=1S/C11H15NO4/c1-7-11(8-3-2-6-15-8)12-9(16-7)4-5-10(13)14/h8H,2-6H2,1H3,(H,13,14). The Morgan fingerprint density at radius 3 is 3.06 bits per heavy atom. The summed E-state index contributed by atoms with van der Waals surface area (Å²) in [6, 6.07) is 0. The lowest BCUT2D eigenvalue weighted by Crippen LogP contribution is -2.00. The fraction of sp³-hybridized carbons (Fsp3) is 0.636. The number of carboxylic acid groups (broad SMARTS) is 1. The molecule has 16 heavy (non-hydrogen) atoms. The van der Waals surface area contributed by atoms with Gasteiger partial charge in [-0.2, -0.15) is 0 Å². The quantitative estimate of drug-likeness (QED) is 0.846. The summed E-state index contributed by atoms with van der Waals surface area (Å²) in [5, 5.41) is 8.57. The van der Waals surface area contributed by atoms with Crippen LogP contribution in [0.1, 0.15) is 42.7 Å². The molecule has 5 heteroatoms. The predicted octanol–water partition coefficient (Wildman–Crippen LogP) is 1.85. The molecule has 1 aliphatic rings. The third-order valence-corrected chi connectivity index (χ3v) is 2.66. The molecule has 88 valence electrons. The lowest BCUT2D eigenvalue weighted by Gasteiger charge is -2.04. The number of hydrogen-bond acceptors (Lipinski definition) is 4. The van der Waals surface area contributed by atoms with Gasteiger partial charge in [0.15, 0.2) is 5.89 Å². The molecular formula is C11H15NO4. The van der Waals surface area contributed by atoms with Crippen molar-refractivity contribution in [1.29, 1.82) is 0 Å². The van der Waals surface area contributed by atoms with E-state index in [2.05, 4.69) is 4.98 Å². The van der Waals surface area contributed by atoms with Crippen LogP contribution in [-0.2, 0) is 16.0 Å². The number of ether oxygens (including phenoxy) is 1. The van der Waals surface area contributed by atoms with Crippen molar-refractivity contribution >= 4 is 5.97 Å². The SMILES string of the molecule is Cc1oc(CCC(=O)O)nc1C1CCCO1. The molecule has 0 aliphatic carbocycles. The van der Waals surface area contributed by atoms with Crippen LogP contribution in [0.15, 0.2) is 4.42 Å². The van der Waals surface area contributed by atoms with Gasteiger partial charge in [-0.05, 0) is 19.8 Å². The first-order valence-corrected chi connectivity index (χ1v) is 5.46. The Balaban J connectivity index is 2.05. The summed E-state index contributed by atoms with van der Waals surface area (Å²) < 4.78 is 10.9. The second-order valence-corrected chi connectivity index (χ2v) is 3.94. The van der Waals surface area contributed by atoms with Crippen molar-refractivity contribution in [2.75, 3.05) is 6.61 Å². The van der Waals surface area contributed by atoms with Crippen LogP contribution < -0.4 is 0 Å². The van der Waals surface area contributed by atoms with Crippen LogP contribution in [0.2, 0.25) is 0 Å². The Morgan fingerprint density at radius 2 is 2.44 bits per heavy atom. The Bertz CT molecular complexity index is 379. The summed E-state index contributed by atoms with van der Waals surface area (Å²) >= 11 is 0. The third kappa shape index (κ3) is 2.41. The molecule has 1 atom stereocenters. The van der Waals surface area contributed by atoms with E-state index in [9.17, 15) is 4.79 Å². The molecular weight excluding hydrogens is 210 g/mol. The van der Waals surface area contributed by atoms with Gasteiger partial charge in [-0.25, -0.2) is 4.98 Å². The first-order valence-electron chi connectivity index (χ1n) is 5.46. The molecule has 0 saturated carbocycles. The number of rotatable bonds is 4. The van der Waals surface area contributed by atoms with Crippen molar-refractivity contribution in [2.45, 2.75) is 38.7 Å². The van der Waals surface area contributed by atoms with Crippen molar-refractivity contribution in [1.82, 2.24) is 4.98 Å². The molecule has 1 aliphatic heterocycles. The van der Waals surface area contributed by atoms with Crippen molar-refractivity contribution in [3.8, 4) is 0 Å². The average molecular weight is 225 g/mol. The second-order valence-electron chi connectivity index (χ2n) is 3.94. The molecule has 1 unspecified atom stereocenters. The molecule has 0 amide bonds. The van der Waals surface area contributed by atoms with Gasteiger partial charge in [-0.1, -0.05) is 0 Å². The lowest BCUT2D eigenvalue weighted by atomic mass is 10.1. The molecule has 2 heterocycles. The Morgan fingerprint density at radius 1 is 1.62 bits per heavy atom. The summed E-state index contributed by atoms with van der Waals surface area (Å²) in [5.74, 6) is 0.396. The van der Waals surface area contributed by atoms with Gasteiger partial charge >= 0.3 is 5.97 Å². The number of hydrogen-bond donors (Lipinski definition) is 1. The maximum Gasteiger partial charge on any atom is 0.303 e. The van der Waals surface area contributed by atoms with E-state index in [-0.39, 0.29) is 12.5 Å². The largest absolute Gasteiger partial charge is 0.481 e. The van der Waals surface area contributed by atoms with Gasteiger partial charge in [0, 0.05) is 13.0 Å². The zero-order chi connectivity index (χ0) is 11.5. The van der Waals surface area contributed by atoms with E-state index in [1.165, 1.54) is 0 Å². The Labute approximate surface area is 93.4 Å². The zero-order valence-corrected chi connectivity index (χ0v) is 9.23. The molecule has 0 aromatic carbocycles. The van der Waals surface area contributed by atoms with E-state index in [0.29, 0.717) is 12.3 Å². The van der Waals surface area contributed by atoms with Gasteiger partial charge in [0.25, 0.3) is 0 Å². The Hall–Kier alpha value is -1.36. The molecule has 1 fully saturated rings. The highest BCUT2D eigenvalue weighted by atomic mass is 16.5. The van der Waals surface area contributed by atoms with Crippen LogP contribution in [0.25, 0.3) is 0 Å². The minimum Gasteiger partial charge on any atom is -0.481 e. The maximum atomic E-state index is 10.4. The minimum atomic E-state index is -0.838. The number of aryl methyl sites for hydroxylation is 2. The fourth-order valence-corrected chi connectivity index (χ4v) is 1.88. The topological polar surface area (TPSA) is 72.6 Å². The first-order chi connectivity index (χ1) is 7.66. The van der Waals surface area contributed by atoms with Crippen LogP contribution in [0.4, 0.5) is 0 Å². The summed E-state index contributed by atoms with van der Waals surface area (Å²) in [7, 11) is 0. The maximum absolute atomic E-state index is 10.4. The van der Waals surface area contributed by atoms with Gasteiger partial charge in [0.1, 0.15) is 17.6 Å². The minimum absolute atomic E-state index is 0.0299. The molecule has 0 bridgehead atoms. The van der Waals surface area contributed by atoms with E-state index in [0.717, 1.165) is 30.9 Å². The van der Waals surface area contributed by atoms with E-state index < -0.39 is 5.97 Å². The van der Waals surface area contributed by atoms with E-state index in [1.54, 1.807) is 0 Å². The fourth-order valence-electron chi connectivity index (χ4n) is 1.88. The summed E-state index contributed by atoms with van der Waals surface area (Å²) in [5.41, 5.74) is 0.831. The second kappa shape index (κ2) is 4.65. The first kappa shape index (κ1) is 11.1. The highest BCUT2D eigenvalue weighted by Gasteiger charge is 2.24. The lowest BCUT2D eigenvalue weighted by molar-refractivity contribution is -0.137. The number of nitrogens with zero attached hydrogens (tertiary/aromatic N) is 1. The van der Waals surface area contributed by atoms with Crippen LogP contribution >= 0.6 is 0 Å². The van der Waals surface area contributed by atoms with Gasteiger partial charge < -0.3 is 14.3 Å². The van der Waals surface area contributed by atoms with Crippen LogP contribution in [0.5, 0.6) is 0 Å². The molecule has 5 nitrogen and oxygen atoms in total. The predicted molar refractivity (Wildman–Crippen MR) is 55.1 cm³/mol. The van der Waals surface area contributed by atoms with E-state index >= 15 is 0 Å². The summed E-state index contributed by atoms with van der Waals surface area (Å²) in [6.45, 7) is 2.61. The smallest absolute Gasteiger partial charge is 0.303 e. The highest BCUT2D eigenvalue weighted by molar-refractivity contribution is 5.66. The summed E-state index contributed by atoms with van der Waals surface area (Å²) in [6.07, 6.45) is 2.42. The van der Waals surface area contributed by atoms with Crippen LogP contribution in [0, 0.1) is 6.92 Å². The third-order valence-electron chi connectivity index (χ3n) is 2.66. The van der Waals surface area contributed by atoms with Crippen molar-refractivity contribution in [2.24, 2.45) is 0 Å². The normalized spacial score (nSPS) is 20.2. The monoisotopic (exact) mass is 225 g/mol. The van der Waals surface area contributed by atoms with Crippen molar-refractivity contribution in [3.63, 3.8) is 0 Å². The highest BCUT2D eigenvalue weighted by Crippen LogP contribution is 2.30. The van der Waals surface area contributed by atoms with Gasteiger partial charge in [0.2, 0.25) is 0 Å². The Kier molecular flexibility index (Phi) is 3.24. The molecule has 0 spiro atoms. The number of carbonyl (C=O) groups is 1. The van der Waals surface area contributed by atoms with E-state index in [1.807, 2.05) is 6.92 Å². The molecule has 1 saturated heterocycles. The number of oxazole rings is 1. The number of carboxylic acids is 1. The summed E-state index contributed by atoms with van der Waals surface area (Å²) in [4.78, 5) is 14.7.